The third kappa shape index (κ3) is 3.96. The molecule has 10 heteroatoms. The number of amides is 2. The van der Waals surface area contributed by atoms with Crippen LogP contribution >= 0.6 is 11.8 Å². The molecule has 3 aliphatic rings. The van der Waals surface area contributed by atoms with Crippen molar-refractivity contribution in [1.29, 1.82) is 0 Å². The Morgan fingerprint density at radius 1 is 1.10 bits per heavy atom. The fourth-order valence-corrected chi connectivity index (χ4v) is 4.22. The van der Waals surface area contributed by atoms with Crippen molar-refractivity contribution >= 4 is 34.9 Å². The highest BCUT2D eigenvalue weighted by atomic mass is 32.2. The van der Waals surface area contributed by atoms with Gasteiger partial charge < -0.3 is 14.4 Å². The van der Waals surface area contributed by atoms with Gasteiger partial charge in [0.05, 0.1) is 10.6 Å². The molecule has 0 aliphatic carbocycles. The Labute approximate surface area is 177 Å². The average Bonchev–Trinajstić information content (AvgIpc) is 3.34. The van der Waals surface area contributed by atoms with Crippen molar-refractivity contribution in [2.24, 2.45) is 0 Å². The number of nitrogens with one attached hydrogen (secondary N) is 1. The number of imide groups is 1. The zero-order valence-electron chi connectivity index (χ0n) is 16.0. The van der Waals surface area contributed by atoms with Gasteiger partial charge in [-0.05, 0) is 41.6 Å². The third-order valence-corrected chi connectivity index (χ3v) is 5.89. The molecule has 0 unspecified atom stereocenters. The molecule has 3 aliphatic heterocycles. The van der Waals surface area contributed by atoms with Crippen LogP contribution in [0.4, 0.5) is 10.7 Å². The van der Waals surface area contributed by atoms with Gasteiger partial charge in [0, 0.05) is 38.9 Å². The van der Waals surface area contributed by atoms with Crippen LogP contribution in [-0.4, -0.2) is 59.0 Å². The van der Waals surface area contributed by atoms with Crippen molar-refractivity contribution in [3.63, 3.8) is 0 Å². The van der Waals surface area contributed by atoms with Gasteiger partial charge >= 0.3 is 0 Å². The van der Waals surface area contributed by atoms with Gasteiger partial charge in [0.15, 0.2) is 11.5 Å². The van der Waals surface area contributed by atoms with Crippen LogP contribution in [0.5, 0.6) is 11.5 Å². The lowest BCUT2D eigenvalue weighted by atomic mass is 10.1. The molecule has 2 fully saturated rings. The van der Waals surface area contributed by atoms with E-state index in [9.17, 15) is 9.59 Å². The quantitative estimate of drug-likeness (QED) is 0.736. The summed E-state index contributed by atoms with van der Waals surface area (Å²) in [6.45, 7) is 4.51. The van der Waals surface area contributed by atoms with E-state index in [1.165, 1.54) is 5.56 Å². The molecular weight excluding hydrogens is 406 g/mol. The molecule has 2 aromatic rings. The number of carbonyl (C=O) groups excluding carboxylic acids is 2. The summed E-state index contributed by atoms with van der Waals surface area (Å²) >= 11 is 0.883. The molecule has 0 radical (unpaired) electrons. The second-order valence-electron chi connectivity index (χ2n) is 7.08. The molecule has 30 heavy (non-hydrogen) atoms. The van der Waals surface area contributed by atoms with Crippen molar-refractivity contribution in [2.75, 3.05) is 37.9 Å². The van der Waals surface area contributed by atoms with E-state index < -0.39 is 0 Å². The van der Waals surface area contributed by atoms with Crippen LogP contribution in [0.2, 0.25) is 0 Å². The lowest BCUT2D eigenvalue weighted by molar-refractivity contribution is -0.115. The van der Waals surface area contributed by atoms with Crippen molar-refractivity contribution in [3.05, 3.63) is 46.6 Å². The summed E-state index contributed by atoms with van der Waals surface area (Å²) in [7, 11) is 0. The minimum atomic E-state index is -0.387. The molecule has 0 atom stereocenters. The Morgan fingerprint density at radius 3 is 2.73 bits per heavy atom. The van der Waals surface area contributed by atoms with Gasteiger partial charge in [0.25, 0.3) is 11.1 Å². The molecule has 1 N–H and O–H groups in total. The summed E-state index contributed by atoms with van der Waals surface area (Å²) in [6.07, 6.45) is 3.29. The van der Waals surface area contributed by atoms with Crippen molar-refractivity contribution in [3.8, 4) is 11.5 Å². The number of benzene rings is 1. The normalized spacial score (nSPS) is 20.1. The van der Waals surface area contributed by atoms with Crippen molar-refractivity contribution < 1.29 is 19.1 Å². The molecule has 5 rings (SSSR count). The predicted octanol–water partition coefficient (Wildman–Crippen LogP) is 1.85. The average molecular weight is 425 g/mol. The maximum atomic E-state index is 11.7. The van der Waals surface area contributed by atoms with Gasteiger partial charge in [-0.25, -0.2) is 9.97 Å². The van der Waals surface area contributed by atoms with Crippen LogP contribution in [0, 0.1) is 0 Å². The van der Waals surface area contributed by atoms with E-state index in [1.54, 1.807) is 18.3 Å². The molecule has 2 amide bonds. The monoisotopic (exact) mass is 425 g/mol. The zero-order valence-corrected chi connectivity index (χ0v) is 16.9. The number of hydrogen-bond acceptors (Lipinski definition) is 9. The molecular formula is C20H19N5O4S. The number of anilines is 1. The third-order valence-electron chi connectivity index (χ3n) is 5.08. The highest BCUT2D eigenvalue weighted by Crippen LogP contribution is 2.33. The second kappa shape index (κ2) is 7.96. The maximum Gasteiger partial charge on any atom is 0.290 e. The maximum absolute atomic E-state index is 11.7. The fourth-order valence-electron chi connectivity index (χ4n) is 3.55. The number of ether oxygens (including phenoxy) is 2. The summed E-state index contributed by atoms with van der Waals surface area (Å²) in [4.78, 5) is 36.8. The Bertz CT molecular complexity index is 1040. The smallest absolute Gasteiger partial charge is 0.290 e. The molecule has 1 aromatic carbocycles. The number of piperazine rings is 1. The Morgan fingerprint density at radius 2 is 1.93 bits per heavy atom. The number of hydrogen-bond donors (Lipinski definition) is 1. The van der Waals surface area contributed by atoms with Gasteiger partial charge in [-0.2, -0.15) is 0 Å². The predicted molar refractivity (Wildman–Crippen MR) is 111 cm³/mol. The minimum absolute atomic E-state index is 0.285. The lowest BCUT2D eigenvalue weighted by Crippen LogP contribution is -2.46. The summed E-state index contributed by atoms with van der Waals surface area (Å²) < 4.78 is 10.8. The number of carbonyl (C=O) groups is 2. The van der Waals surface area contributed by atoms with Gasteiger partial charge in [-0.1, -0.05) is 6.07 Å². The van der Waals surface area contributed by atoms with Gasteiger partial charge in [-0.3, -0.25) is 19.8 Å². The van der Waals surface area contributed by atoms with E-state index in [-0.39, 0.29) is 17.9 Å². The topological polar surface area (TPSA) is 96.9 Å². The number of rotatable bonds is 4. The molecule has 1 aromatic heterocycles. The molecule has 0 saturated carbocycles. The number of aromatic nitrogens is 2. The van der Waals surface area contributed by atoms with Crippen LogP contribution in [0.15, 0.2) is 35.4 Å². The van der Waals surface area contributed by atoms with E-state index in [4.69, 9.17) is 9.47 Å². The summed E-state index contributed by atoms with van der Waals surface area (Å²) in [5.74, 6) is 1.85. The lowest BCUT2D eigenvalue weighted by Gasteiger charge is -2.34. The Balaban J connectivity index is 1.21. The molecule has 0 spiro atoms. The fraction of sp³-hybridized carbons (Fsp3) is 0.300. The molecule has 154 valence electrons. The van der Waals surface area contributed by atoms with Crippen molar-refractivity contribution in [1.82, 2.24) is 20.2 Å². The van der Waals surface area contributed by atoms with Crippen LogP contribution < -0.4 is 19.7 Å². The van der Waals surface area contributed by atoms with E-state index in [0.717, 1.165) is 56.0 Å². The first kappa shape index (κ1) is 18.9. The standard InChI is InChI=1S/C20H19N5O4S/c26-18-17(30-20(27)23-18)10-14-3-4-21-19(22-14)25-7-5-24(6-8-25)11-13-1-2-15-16(9-13)29-12-28-15/h1-4,9-10H,5-8,11-12H2,(H,23,26,27). The summed E-state index contributed by atoms with van der Waals surface area (Å²) in [5.41, 5.74) is 1.80. The van der Waals surface area contributed by atoms with E-state index in [0.29, 0.717) is 16.5 Å². The number of nitrogens with zero attached hydrogens (tertiary/aromatic N) is 4. The summed E-state index contributed by atoms with van der Waals surface area (Å²) in [5, 5.41) is 1.88. The molecule has 9 nitrogen and oxygen atoms in total. The van der Waals surface area contributed by atoms with E-state index >= 15 is 0 Å². The van der Waals surface area contributed by atoms with Crippen LogP contribution in [0.25, 0.3) is 6.08 Å². The first-order chi connectivity index (χ1) is 14.6. The van der Waals surface area contributed by atoms with E-state index in [2.05, 4.69) is 31.2 Å². The molecule has 0 bridgehead atoms. The van der Waals surface area contributed by atoms with Gasteiger partial charge in [0.1, 0.15) is 0 Å². The van der Waals surface area contributed by atoms with Gasteiger partial charge in [-0.15, -0.1) is 0 Å². The largest absolute Gasteiger partial charge is 0.454 e. The van der Waals surface area contributed by atoms with Crippen molar-refractivity contribution in [2.45, 2.75) is 6.54 Å². The molecule has 4 heterocycles. The minimum Gasteiger partial charge on any atom is -0.454 e. The van der Waals surface area contributed by atoms with Crippen LogP contribution in [-0.2, 0) is 11.3 Å². The van der Waals surface area contributed by atoms with E-state index in [1.807, 2.05) is 12.1 Å². The second-order valence-corrected chi connectivity index (χ2v) is 8.10. The number of fused-ring (bicyclic) bond motifs is 1. The van der Waals surface area contributed by atoms with Crippen LogP contribution in [0.3, 0.4) is 0 Å². The highest BCUT2D eigenvalue weighted by Gasteiger charge is 2.25. The Kier molecular flexibility index (Phi) is 5.01. The van der Waals surface area contributed by atoms with Gasteiger partial charge in [0.2, 0.25) is 12.7 Å². The first-order valence-corrected chi connectivity index (χ1v) is 10.4. The number of thioether (sulfide) groups is 1. The zero-order chi connectivity index (χ0) is 20.5. The van der Waals surface area contributed by atoms with Crippen LogP contribution in [0.1, 0.15) is 11.3 Å². The SMILES string of the molecule is O=C1NC(=O)C(=Cc2ccnc(N3CCN(Cc4ccc5c(c4)OCO5)CC3)n2)S1. The highest BCUT2D eigenvalue weighted by molar-refractivity contribution is 8.18. The summed E-state index contributed by atoms with van der Waals surface area (Å²) in [6, 6.07) is 7.79. The Hall–Kier alpha value is -3.11. The first-order valence-electron chi connectivity index (χ1n) is 9.58. The molecule has 2 saturated heterocycles.